The van der Waals surface area contributed by atoms with Gasteiger partial charge in [0.1, 0.15) is 12.7 Å². The van der Waals surface area contributed by atoms with Gasteiger partial charge in [0.2, 0.25) is 0 Å². The molecule has 0 saturated carbocycles. The Hall–Kier alpha value is -1.13. The van der Waals surface area contributed by atoms with Crippen LogP contribution < -0.4 is 10.1 Å². The Kier molecular flexibility index (Phi) is 9.02. The Labute approximate surface area is 127 Å². The molecule has 0 aliphatic carbocycles. The molecule has 0 bridgehead atoms. The lowest BCUT2D eigenvalue weighted by atomic mass is 9.99. The molecule has 2 N–H and O–H groups in total. The zero-order valence-corrected chi connectivity index (χ0v) is 13.1. The Morgan fingerprint density at radius 3 is 2.67 bits per heavy atom. The summed E-state index contributed by atoms with van der Waals surface area (Å²) in [5, 5.41) is 13.1. The van der Waals surface area contributed by atoms with Crippen LogP contribution in [0.2, 0.25) is 0 Å². The first-order valence-corrected chi connectivity index (χ1v) is 7.93. The van der Waals surface area contributed by atoms with Crippen molar-refractivity contribution in [3.05, 3.63) is 30.1 Å². The van der Waals surface area contributed by atoms with Gasteiger partial charge in [-0.05, 0) is 31.0 Å². The average Bonchev–Trinajstić information content (AvgIpc) is 2.50. The molecule has 2 atom stereocenters. The van der Waals surface area contributed by atoms with Crippen molar-refractivity contribution in [2.75, 3.05) is 19.7 Å². The molecule has 3 nitrogen and oxygen atoms in total. The van der Waals surface area contributed by atoms with Crippen LogP contribution in [0.5, 0.6) is 5.75 Å². The number of benzene rings is 1. The Morgan fingerprint density at radius 2 is 2.00 bits per heavy atom. The molecule has 0 aliphatic rings. The number of rotatable bonds is 11. The van der Waals surface area contributed by atoms with Crippen molar-refractivity contribution in [3.8, 4) is 5.75 Å². The fourth-order valence-corrected chi connectivity index (χ4v) is 2.20. The van der Waals surface area contributed by atoms with Crippen LogP contribution in [-0.2, 0) is 0 Å². The fourth-order valence-electron chi connectivity index (χ4n) is 2.20. The van der Waals surface area contributed by atoms with Crippen molar-refractivity contribution >= 4 is 0 Å². The summed E-state index contributed by atoms with van der Waals surface area (Å²) in [5.41, 5.74) is 0. The van der Waals surface area contributed by atoms with E-state index in [9.17, 15) is 9.50 Å². The third-order valence-corrected chi connectivity index (χ3v) is 3.62. The van der Waals surface area contributed by atoms with Gasteiger partial charge in [-0.25, -0.2) is 4.39 Å². The quantitative estimate of drug-likeness (QED) is 0.658. The van der Waals surface area contributed by atoms with E-state index in [1.807, 2.05) is 0 Å². The zero-order valence-electron chi connectivity index (χ0n) is 13.1. The summed E-state index contributed by atoms with van der Waals surface area (Å²) in [6, 6.07) is 6.23. The highest BCUT2D eigenvalue weighted by atomic mass is 19.1. The number of unbranched alkanes of at least 4 members (excludes halogenated alkanes) is 1. The van der Waals surface area contributed by atoms with Crippen LogP contribution in [-0.4, -0.2) is 30.9 Å². The Balaban J connectivity index is 2.19. The van der Waals surface area contributed by atoms with Gasteiger partial charge in [0.15, 0.2) is 11.6 Å². The summed E-state index contributed by atoms with van der Waals surface area (Å²) in [6.45, 7) is 5.87. The van der Waals surface area contributed by atoms with Gasteiger partial charge in [0, 0.05) is 6.54 Å². The minimum absolute atomic E-state index is 0.0969. The second-order valence-corrected chi connectivity index (χ2v) is 5.47. The first-order chi connectivity index (χ1) is 10.2. The highest BCUT2D eigenvalue weighted by Crippen LogP contribution is 2.15. The fraction of sp³-hybridized carbons (Fsp3) is 0.647. The monoisotopic (exact) mass is 297 g/mol. The number of aliphatic hydroxyl groups excluding tert-OH is 1. The van der Waals surface area contributed by atoms with Gasteiger partial charge in [0.25, 0.3) is 0 Å². The van der Waals surface area contributed by atoms with Crippen LogP contribution in [0, 0.1) is 11.7 Å². The summed E-state index contributed by atoms with van der Waals surface area (Å²) in [4.78, 5) is 0. The molecule has 0 fully saturated rings. The topological polar surface area (TPSA) is 41.5 Å². The third kappa shape index (κ3) is 7.44. The maximum Gasteiger partial charge on any atom is 0.165 e. The number of para-hydroxylation sites is 1. The van der Waals surface area contributed by atoms with Crippen LogP contribution in [0.25, 0.3) is 0 Å². The first-order valence-electron chi connectivity index (χ1n) is 7.93. The van der Waals surface area contributed by atoms with Gasteiger partial charge in [-0.1, -0.05) is 45.2 Å². The molecule has 1 aromatic carbocycles. The second-order valence-electron chi connectivity index (χ2n) is 5.47. The minimum atomic E-state index is -0.631. The van der Waals surface area contributed by atoms with Gasteiger partial charge in [0.05, 0.1) is 0 Å². The van der Waals surface area contributed by atoms with Crippen molar-refractivity contribution in [1.82, 2.24) is 5.32 Å². The molecule has 0 saturated heterocycles. The molecular weight excluding hydrogens is 269 g/mol. The number of halogens is 1. The number of ether oxygens (including phenoxy) is 1. The summed E-state index contributed by atoms with van der Waals surface area (Å²) < 4.78 is 18.6. The molecule has 1 aromatic rings. The van der Waals surface area contributed by atoms with Crippen LogP contribution in [0.15, 0.2) is 24.3 Å². The molecule has 1 rings (SSSR count). The molecule has 0 aliphatic heterocycles. The summed E-state index contributed by atoms with van der Waals surface area (Å²) in [5.74, 6) is 0.443. The molecule has 0 aromatic heterocycles. The first kappa shape index (κ1) is 17.9. The normalized spacial score (nSPS) is 13.9. The summed E-state index contributed by atoms with van der Waals surface area (Å²) in [7, 11) is 0. The van der Waals surface area contributed by atoms with Crippen molar-refractivity contribution in [3.63, 3.8) is 0 Å². The lowest BCUT2D eigenvalue weighted by molar-refractivity contribution is 0.103. The number of nitrogens with one attached hydrogen (secondary N) is 1. The number of hydrogen-bond donors (Lipinski definition) is 2. The van der Waals surface area contributed by atoms with E-state index in [1.165, 1.54) is 25.3 Å². The molecule has 120 valence electrons. The zero-order chi connectivity index (χ0) is 15.5. The van der Waals surface area contributed by atoms with Crippen LogP contribution >= 0.6 is 0 Å². The molecule has 0 spiro atoms. The molecule has 4 heteroatoms. The Morgan fingerprint density at radius 1 is 1.24 bits per heavy atom. The second kappa shape index (κ2) is 10.6. The van der Waals surface area contributed by atoms with Gasteiger partial charge < -0.3 is 15.2 Å². The third-order valence-electron chi connectivity index (χ3n) is 3.62. The number of aliphatic hydroxyl groups is 1. The number of hydrogen-bond acceptors (Lipinski definition) is 3. The Bertz CT molecular complexity index is 387. The van der Waals surface area contributed by atoms with E-state index in [1.54, 1.807) is 18.2 Å². The van der Waals surface area contributed by atoms with Crippen molar-refractivity contribution in [2.24, 2.45) is 5.92 Å². The highest BCUT2D eigenvalue weighted by Gasteiger charge is 2.09. The standard InChI is InChI=1S/C17H28FNO2/c1-3-5-8-14(4-2)11-19-12-15(20)13-21-17-10-7-6-9-16(17)18/h6-7,9-10,14-15,19-20H,3-5,8,11-13H2,1-2H3. The van der Waals surface area contributed by atoms with E-state index in [2.05, 4.69) is 19.2 Å². The lowest BCUT2D eigenvalue weighted by Gasteiger charge is -2.18. The predicted molar refractivity (Wildman–Crippen MR) is 84.1 cm³/mol. The van der Waals surface area contributed by atoms with Gasteiger partial charge in [-0.15, -0.1) is 0 Å². The van der Waals surface area contributed by atoms with Crippen LogP contribution in [0.3, 0.4) is 0 Å². The largest absolute Gasteiger partial charge is 0.488 e. The molecule has 0 heterocycles. The van der Waals surface area contributed by atoms with E-state index in [0.29, 0.717) is 12.5 Å². The van der Waals surface area contributed by atoms with E-state index >= 15 is 0 Å². The molecule has 21 heavy (non-hydrogen) atoms. The van der Waals surface area contributed by atoms with Gasteiger partial charge in [-0.2, -0.15) is 0 Å². The predicted octanol–water partition coefficient (Wildman–Crippen LogP) is 3.37. The van der Waals surface area contributed by atoms with E-state index in [0.717, 1.165) is 13.0 Å². The van der Waals surface area contributed by atoms with Crippen molar-refractivity contribution < 1.29 is 14.2 Å². The molecule has 0 radical (unpaired) electrons. The smallest absolute Gasteiger partial charge is 0.165 e. The summed E-state index contributed by atoms with van der Waals surface area (Å²) >= 11 is 0. The molecule has 2 unspecified atom stereocenters. The average molecular weight is 297 g/mol. The highest BCUT2D eigenvalue weighted by molar-refractivity contribution is 5.23. The minimum Gasteiger partial charge on any atom is -0.488 e. The lowest BCUT2D eigenvalue weighted by Crippen LogP contribution is -2.34. The van der Waals surface area contributed by atoms with Gasteiger partial charge >= 0.3 is 0 Å². The maximum absolute atomic E-state index is 13.3. The molecular formula is C17H28FNO2. The van der Waals surface area contributed by atoms with Gasteiger partial charge in [-0.3, -0.25) is 0 Å². The van der Waals surface area contributed by atoms with Crippen LogP contribution in [0.1, 0.15) is 39.5 Å². The van der Waals surface area contributed by atoms with Crippen LogP contribution in [0.4, 0.5) is 4.39 Å². The van der Waals surface area contributed by atoms with E-state index in [4.69, 9.17) is 4.74 Å². The van der Waals surface area contributed by atoms with Crippen molar-refractivity contribution in [2.45, 2.75) is 45.6 Å². The maximum atomic E-state index is 13.3. The van der Waals surface area contributed by atoms with Crippen molar-refractivity contribution in [1.29, 1.82) is 0 Å². The summed E-state index contributed by atoms with van der Waals surface area (Å²) in [6.07, 6.45) is 4.21. The van der Waals surface area contributed by atoms with E-state index < -0.39 is 11.9 Å². The molecule has 0 amide bonds. The SMILES string of the molecule is CCCCC(CC)CNCC(O)COc1ccccc1F. The van der Waals surface area contributed by atoms with E-state index in [-0.39, 0.29) is 12.4 Å².